The maximum absolute atomic E-state index is 12.1. The van der Waals surface area contributed by atoms with Crippen molar-refractivity contribution in [3.63, 3.8) is 0 Å². The Bertz CT molecular complexity index is 534. The van der Waals surface area contributed by atoms with Crippen molar-refractivity contribution in [3.05, 3.63) is 24.3 Å². The first-order valence-corrected chi connectivity index (χ1v) is 8.70. The number of thioether (sulfide) groups is 1. The van der Waals surface area contributed by atoms with Crippen molar-refractivity contribution < 1.29 is 14.7 Å². The van der Waals surface area contributed by atoms with Gasteiger partial charge in [0.25, 0.3) is 0 Å². The molecule has 1 heterocycles. The first-order valence-electron chi connectivity index (χ1n) is 7.48. The van der Waals surface area contributed by atoms with E-state index in [-0.39, 0.29) is 24.2 Å². The van der Waals surface area contributed by atoms with Gasteiger partial charge in [0, 0.05) is 17.9 Å². The lowest BCUT2D eigenvalue weighted by Gasteiger charge is -2.29. The zero-order valence-electron chi connectivity index (χ0n) is 13.2. The molecular weight excluding hydrogens is 336 g/mol. The molecule has 23 heavy (non-hydrogen) atoms. The number of piperidine rings is 1. The summed E-state index contributed by atoms with van der Waals surface area (Å²) in [5.74, 6) is -0.925. The number of aliphatic carboxylic acids is 1. The molecule has 1 aliphatic heterocycles. The number of likely N-dealkylation sites (tertiary alicyclic amines) is 1. The van der Waals surface area contributed by atoms with Gasteiger partial charge in [-0.1, -0.05) is 12.1 Å². The number of carboxylic acids is 1. The molecule has 1 fully saturated rings. The lowest BCUT2D eigenvalue weighted by atomic mass is 9.97. The number of carboxylic acid groups (broad SMARTS) is 1. The second kappa shape index (κ2) is 9.80. The van der Waals surface area contributed by atoms with Gasteiger partial charge < -0.3 is 15.3 Å². The van der Waals surface area contributed by atoms with Gasteiger partial charge in [0.2, 0.25) is 5.91 Å². The molecule has 1 aromatic carbocycles. The number of nitrogens with zero attached hydrogens (tertiary/aromatic N) is 1. The van der Waals surface area contributed by atoms with Crippen LogP contribution < -0.4 is 5.32 Å². The van der Waals surface area contributed by atoms with Crippen LogP contribution in [0.4, 0.5) is 5.69 Å². The molecule has 7 heteroatoms. The van der Waals surface area contributed by atoms with Crippen LogP contribution in [-0.2, 0) is 9.59 Å². The molecule has 1 amide bonds. The minimum absolute atomic E-state index is 0. The van der Waals surface area contributed by atoms with E-state index < -0.39 is 5.97 Å². The predicted molar refractivity (Wildman–Crippen MR) is 95.5 cm³/mol. The lowest BCUT2D eigenvalue weighted by Crippen LogP contribution is -2.37. The fraction of sp³-hybridized carbons (Fsp3) is 0.500. The first kappa shape index (κ1) is 19.8. The number of amides is 1. The summed E-state index contributed by atoms with van der Waals surface area (Å²) in [6.07, 6.45) is 3.76. The highest BCUT2D eigenvalue weighted by Gasteiger charge is 2.24. The van der Waals surface area contributed by atoms with E-state index in [1.807, 2.05) is 30.5 Å². The molecular formula is C16H23ClN2O3S. The maximum atomic E-state index is 12.1. The molecule has 0 saturated carbocycles. The molecule has 0 atom stereocenters. The minimum atomic E-state index is -0.703. The quantitative estimate of drug-likeness (QED) is 0.765. The summed E-state index contributed by atoms with van der Waals surface area (Å²) in [7, 11) is 0. The Kier molecular flexibility index (Phi) is 8.44. The summed E-state index contributed by atoms with van der Waals surface area (Å²) in [5, 5.41) is 11.9. The van der Waals surface area contributed by atoms with E-state index in [2.05, 4.69) is 10.2 Å². The van der Waals surface area contributed by atoms with E-state index in [4.69, 9.17) is 5.11 Å². The van der Waals surface area contributed by atoms with Gasteiger partial charge in [-0.25, -0.2) is 0 Å². The molecule has 2 rings (SSSR count). The largest absolute Gasteiger partial charge is 0.481 e. The van der Waals surface area contributed by atoms with Crippen molar-refractivity contribution in [2.24, 2.45) is 5.92 Å². The average molecular weight is 359 g/mol. The normalized spacial score (nSPS) is 15.7. The Hall–Kier alpha value is -1.24. The maximum Gasteiger partial charge on any atom is 0.306 e. The third-order valence-electron chi connectivity index (χ3n) is 3.97. The Morgan fingerprint density at radius 2 is 1.96 bits per heavy atom. The molecule has 0 radical (unpaired) electrons. The number of para-hydroxylation sites is 1. The highest BCUT2D eigenvalue weighted by atomic mass is 35.5. The predicted octanol–water partition coefficient (Wildman–Crippen LogP) is 2.96. The van der Waals surface area contributed by atoms with Crippen LogP contribution in [0, 0.1) is 5.92 Å². The summed E-state index contributed by atoms with van der Waals surface area (Å²) in [4.78, 5) is 26.2. The third kappa shape index (κ3) is 6.05. The number of benzene rings is 1. The number of rotatable bonds is 6. The first-order chi connectivity index (χ1) is 10.6. The van der Waals surface area contributed by atoms with Crippen molar-refractivity contribution in [1.82, 2.24) is 4.90 Å². The van der Waals surface area contributed by atoms with Gasteiger partial charge in [0.05, 0.1) is 11.6 Å². The van der Waals surface area contributed by atoms with Gasteiger partial charge in [-0.05, 0) is 44.3 Å². The smallest absolute Gasteiger partial charge is 0.306 e. The van der Waals surface area contributed by atoms with E-state index >= 15 is 0 Å². The second-order valence-corrected chi connectivity index (χ2v) is 6.30. The zero-order valence-corrected chi connectivity index (χ0v) is 14.8. The number of nitrogens with one attached hydrogen (secondary N) is 1. The van der Waals surface area contributed by atoms with Crippen molar-refractivity contribution in [1.29, 1.82) is 0 Å². The molecule has 0 aromatic heterocycles. The molecule has 5 nitrogen and oxygen atoms in total. The molecule has 2 N–H and O–H groups in total. The van der Waals surface area contributed by atoms with Crippen LogP contribution in [0.3, 0.4) is 0 Å². The molecule has 128 valence electrons. The number of anilines is 1. The fourth-order valence-electron chi connectivity index (χ4n) is 2.62. The highest BCUT2D eigenvalue weighted by molar-refractivity contribution is 7.98. The summed E-state index contributed by atoms with van der Waals surface area (Å²) >= 11 is 1.61. The van der Waals surface area contributed by atoms with Crippen molar-refractivity contribution in [2.75, 3.05) is 31.2 Å². The van der Waals surface area contributed by atoms with Crippen molar-refractivity contribution >= 4 is 41.7 Å². The van der Waals surface area contributed by atoms with E-state index in [0.717, 1.165) is 23.7 Å². The van der Waals surface area contributed by atoms with E-state index in [1.54, 1.807) is 11.8 Å². The molecule has 1 saturated heterocycles. The van der Waals surface area contributed by atoms with Gasteiger partial charge in [-0.15, -0.1) is 24.2 Å². The Morgan fingerprint density at radius 1 is 1.30 bits per heavy atom. The molecule has 1 aromatic rings. The number of hydrogen-bond donors (Lipinski definition) is 2. The van der Waals surface area contributed by atoms with E-state index in [1.165, 1.54) is 0 Å². The highest BCUT2D eigenvalue weighted by Crippen LogP contribution is 2.24. The van der Waals surface area contributed by atoms with Gasteiger partial charge in [0.1, 0.15) is 0 Å². The number of hydrogen-bond acceptors (Lipinski definition) is 4. The van der Waals surface area contributed by atoms with Gasteiger partial charge in [-0.3, -0.25) is 9.59 Å². The topological polar surface area (TPSA) is 69.6 Å². The summed E-state index contributed by atoms with van der Waals surface area (Å²) < 4.78 is 0. The van der Waals surface area contributed by atoms with Crippen LogP contribution >= 0.6 is 24.2 Å². The SMILES string of the molecule is CSc1ccccc1NC(=O)CCN1CCC(C(=O)O)CC1.Cl. The zero-order chi connectivity index (χ0) is 15.9. The summed E-state index contributed by atoms with van der Waals surface area (Å²) in [6, 6.07) is 7.75. The minimum Gasteiger partial charge on any atom is -0.481 e. The van der Waals surface area contributed by atoms with Gasteiger partial charge in [-0.2, -0.15) is 0 Å². The van der Waals surface area contributed by atoms with E-state index in [0.29, 0.717) is 25.8 Å². The lowest BCUT2D eigenvalue weighted by molar-refractivity contribution is -0.143. The molecule has 0 unspecified atom stereocenters. The molecule has 0 bridgehead atoms. The van der Waals surface area contributed by atoms with Crippen LogP contribution in [0.5, 0.6) is 0 Å². The van der Waals surface area contributed by atoms with Crippen molar-refractivity contribution in [2.45, 2.75) is 24.2 Å². The van der Waals surface area contributed by atoms with Crippen LogP contribution in [-0.4, -0.2) is 47.8 Å². The number of halogens is 1. The third-order valence-corrected chi connectivity index (χ3v) is 4.77. The van der Waals surface area contributed by atoms with Gasteiger partial charge in [0.15, 0.2) is 0 Å². The summed E-state index contributed by atoms with van der Waals surface area (Å²) in [6.45, 7) is 2.19. The fourth-order valence-corrected chi connectivity index (χ4v) is 3.18. The van der Waals surface area contributed by atoms with E-state index in [9.17, 15) is 9.59 Å². The van der Waals surface area contributed by atoms with Crippen LogP contribution in [0.2, 0.25) is 0 Å². The Morgan fingerprint density at radius 3 is 2.57 bits per heavy atom. The molecule has 0 spiro atoms. The number of carbonyl (C=O) groups is 2. The monoisotopic (exact) mass is 358 g/mol. The molecule has 1 aliphatic rings. The van der Waals surface area contributed by atoms with Crippen LogP contribution in [0.1, 0.15) is 19.3 Å². The second-order valence-electron chi connectivity index (χ2n) is 5.45. The van der Waals surface area contributed by atoms with Crippen LogP contribution in [0.15, 0.2) is 29.2 Å². The van der Waals surface area contributed by atoms with Gasteiger partial charge >= 0.3 is 5.97 Å². The Labute approximate surface area is 147 Å². The van der Waals surface area contributed by atoms with Crippen LogP contribution in [0.25, 0.3) is 0 Å². The number of carbonyl (C=O) groups excluding carboxylic acids is 1. The average Bonchev–Trinajstić information content (AvgIpc) is 2.54. The molecule has 0 aliphatic carbocycles. The summed E-state index contributed by atoms with van der Waals surface area (Å²) in [5.41, 5.74) is 0.851. The van der Waals surface area contributed by atoms with Crippen molar-refractivity contribution in [3.8, 4) is 0 Å². The standard InChI is InChI=1S/C16H22N2O3S.ClH/c1-22-14-5-3-2-4-13(14)17-15(19)8-11-18-9-6-12(7-10-18)16(20)21;/h2-5,12H,6-11H2,1H3,(H,17,19)(H,20,21);1H. The Balaban J connectivity index is 0.00000264.